The molecular weight excluding hydrogens is 525 g/mol. The Labute approximate surface area is 215 Å². The summed E-state index contributed by atoms with van der Waals surface area (Å²) in [5.41, 5.74) is -2.73. The number of alkyl halides is 3. The van der Waals surface area contributed by atoms with Crippen LogP contribution in [0.15, 0.2) is 73.1 Å². The van der Waals surface area contributed by atoms with Crippen molar-refractivity contribution in [2.75, 3.05) is 10.0 Å². The molecule has 0 saturated heterocycles. The van der Waals surface area contributed by atoms with Crippen LogP contribution in [0.5, 0.6) is 0 Å². The SMILES string of the molecule is O=C(O)CCc1cccc2c1ncn2Cc1ccc(NC(=O)c2ccccc2NS(=O)(=O)C(F)(F)F)cc1. The molecule has 9 nitrogen and oxygen atoms in total. The van der Waals surface area contributed by atoms with E-state index in [4.69, 9.17) is 5.11 Å². The Kier molecular flexibility index (Phi) is 7.39. The predicted molar refractivity (Wildman–Crippen MR) is 134 cm³/mol. The molecule has 3 aromatic carbocycles. The van der Waals surface area contributed by atoms with Crippen molar-refractivity contribution in [3.8, 4) is 0 Å². The smallest absolute Gasteiger partial charge is 0.481 e. The standard InChI is InChI=1S/C25H21F3N4O5S/c26-25(27,28)38(36,37)31-20-6-2-1-5-19(20)24(35)30-18-11-8-16(9-12-18)14-32-15-29-23-17(10-13-22(33)34)4-3-7-21(23)32/h1-9,11-12,15,31H,10,13-14H2,(H,30,35)(H,33,34). The number of hydrogen-bond acceptors (Lipinski definition) is 5. The third kappa shape index (κ3) is 5.94. The maximum absolute atomic E-state index is 12.8. The van der Waals surface area contributed by atoms with Gasteiger partial charge in [0.15, 0.2) is 0 Å². The van der Waals surface area contributed by atoms with Crippen LogP contribution in [-0.2, 0) is 27.8 Å². The molecule has 0 aliphatic rings. The fraction of sp³-hybridized carbons (Fsp3) is 0.160. The van der Waals surface area contributed by atoms with Gasteiger partial charge in [-0.3, -0.25) is 14.3 Å². The number of nitrogens with one attached hydrogen (secondary N) is 2. The number of carboxylic acid groups (broad SMARTS) is 1. The molecule has 1 aromatic heterocycles. The predicted octanol–water partition coefficient (Wildman–Crippen LogP) is 4.62. The Balaban J connectivity index is 1.47. The molecular formula is C25H21F3N4O5S. The fourth-order valence-electron chi connectivity index (χ4n) is 3.78. The molecule has 1 heterocycles. The van der Waals surface area contributed by atoms with E-state index in [0.717, 1.165) is 28.2 Å². The summed E-state index contributed by atoms with van der Waals surface area (Å²) in [6, 6.07) is 17.2. The van der Waals surface area contributed by atoms with Crippen LogP contribution < -0.4 is 10.0 Å². The lowest BCUT2D eigenvalue weighted by molar-refractivity contribution is -0.136. The van der Waals surface area contributed by atoms with E-state index < -0.39 is 33.1 Å². The molecule has 198 valence electrons. The number of carbonyl (C=O) groups is 2. The van der Waals surface area contributed by atoms with Crippen molar-refractivity contribution in [1.82, 2.24) is 9.55 Å². The first-order valence-electron chi connectivity index (χ1n) is 11.2. The van der Waals surface area contributed by atoms with Gasteiger partial charge in [0.25, 0.3) is 5.91 Å². The number of fused-ring (bicyclic) bond motifs is 1. The Morgan fingerprint density at radius 1 is 0.974 bits per heavy atom. The van der Waals surface area contributed by atoms with Crippen LogP contribution in [0.4, 0.5) is 24.5 Å². The van der Waals surface area contributed by atoms with E-state index in [9.17, 15) is 31.2 Å². The summed E-state index contributed by atoms with van der Waals surface area (Å²) >= 11 is 0. The van der Waals surface area contributed by atoms with E-state index in [1.807, 2.05) is 22.8 Å². The van der Waals surface area contributed by atoms with Gasteiger partial charge in [-0.2, -0.15) is 21.6 Å². The minimum atomic E-state index is -5.70. The molecule has 13 heteroatoms. The third-order valence-electron chi connectivity index (χ3n) is 5.63. The third-order valence-corrected chi connectivity index (χ3v) is 6.73. The van der Waals surface area contributed by atoms with Gasteiger partial charge in [0.05, 0.1) is 28.6 Å². The number of nitrogens with zero attached hydrogens (tertiary/aromatic N) is 2. The molecule has 4 aromatic rings. The van der Waals surface area contributed by atoms with Gasteiger partial charge in [-0.15, -0.1) is 0 Å². The van der Waals surface area contributed by atoms with Crippen molar-refractivity contribution in [1.29, 1.82) is 0 Å². The number of hydrogen-bond donors (Lipinski definition) is 3. The average molecular weight is 547 g/mol. The summed E-state index contributed by atoms with van der Waals surface area (Å²) in [5, 5.41) is 11.5. The average Bonchev–Trinajstić information content (AvgIpc) is 3.26. The van der Waals surface area contributed by atoms with Crippen molar-refractivity contribution >= 4 is 44.3 Å². The van der Waals surface area contributed by atoms with E-state index in [-0.39, 0.29) is 12.0 Å². The lowest BCUT2D eigenvalue weighted by Gasteiger charge is -2.14. The van der Waals surface area contributed by atoms with Gasteiger partial charge in [0.2, 0.25) is 0 Å². The van der Waals surface area contributed by atoms with E-state index in [0.29, 0.717) is 18.7 Å². The first kappa shape index (κ1) is 26.7. The van der Waals surface area contributed by atoms with Crippen LogP contribution in [0.2, 0.25) is 0 Å². The Hall–Kier alpha value is -4.39. The van der Waals surface area contributed by atoms with E-state index in [2.05, 4.69) is 10.3 Å². The Morgan fingerprint density at radius 3 is 2.37 bits per heavy atom. The number of aliphatic carboxylic acids is 1. The molecule has 4 rings (SSSR count). The summed E-state index contributed by atoms with van der Waals surface area (Å²) in [6.07, 6.45) is 2.01. The first-order valence-corrected chi connectivity index (χ1v) is 12.7. The molecule has 0 saturated carbocycles. The molecule has 0 aliphatic heterocycles. The Bertz CT molecular complexity index is 1600. The van der Waals surface area contributed by atoms with Gasteiger partial charge in [-0.05, 0) is 47.9 Å². The number of sulfonamides is 1. The highest BCUT2D eigenvalue weighted by Gasteiger charge is 2.46. The molecule has 0 unspecified atom stereocenters. The van der Waals surface area contributed by atoms with Gasteiger partial charge >= 0.3 is 21.5 Å². The number of aryl methyl sites for hydroxylation is 1. The van der Waals surface area contributed by atoms with Crippen LogP contribution in [0.25, 0.3) is 11.0 Å². The van der Waals surface area contributed by atoms with E-state index in [1.165, 1.54) is 22.9 Å². The maximum atomic E-state index is 12.8. The van der Waals surface area contributed by atoms with Crippen LogP contribution in [-0.4, -0.2) is 40.5 Å². The highest BCUT2D eigenvalue weighted by molar-refractivity contribution is 7.93. The molecule has 1 amide bonds. The zero-order valence-corrected chi connectivity index (χ0v) is 20.4. The highest BCUT2D eigenvalue weighted by Crippen LogP contribution is 2.27. The van der Waals surface area contributed by atoms with E-state index in [1.54, 1.807) is 30.6 Å². The fourth-order valence-corrected chi connectivity index (χ4v) is 4.36. The Morgan fingerprint density at radius 2 is 1.68 bits per heavy atom. The first-order chi connectivity index (χ1) is 17.9. The normalized spacial score (nSPS) is 11.9. The number of amides is 1. The molecule has 38 heavy (non-hydrogen) atoms. The molecule has 0 atom stereocenters. The van der Waals surface area contributed by atoms with Crippen molar-refractivity contribution in [3.05, 3.63) is 89.7 Å². The molecule has 0 radical (unpaired) electrons. The van der Waals surface area contributed by atoms with Crippen molar-refractivity contribution in [2.45, 2.75) is 24.9 Å². The molecule has 0 aliphatic carbocycles. The van der Waals surface area contributed by atoms with Crippen LogP contribution in [0, 0.1) is 0 Å². The number of rotatable bonds is 9. The monoisotopic (exact) mass is 546 g/mol. The zero-order valence-electron chi connectivity index (χ0n) is 19.6. The number of imidazole rings is 1. The minimum Gasteiger partial charge on any atom is -0.481 e. The van der Waals surface area contributed by atoms with Gasteiger partial charge in [0.1, 0.15) is 0 Å². The topological polar surface area (TPSA) is 130 Å². The number of para-hydroxylation sites is 2. The van der Waals surface area contributed by atoms with Crippen LogP contribution in [0.3, 0.4) is 0 Å². The number of halogens is 3. The molecule has 0 spiro atoms. The van der Waals surface area contributed by atoms with Crippen molar-refractivity contribution in [2.24, 2.45) is 0 Å². The maximum Gasteiger partial charge on any atom is 0.516 e. The molecule has 0 fully saturated rings. The number of aromatic nitrogens is 2. The van der Waals surface area contributed by atoms with Crippen LogP contribution >= 0.6 is 0 Å². The van der Waals surface area contributed by atoms with Gasteiger partial charge in [-0.1, -0.05) is 36.4 Å². The summed E-state index contributed by atoms with van der Waals surface area (Å²) in [5.74, 6) is -1.69. The summed E-state index contributed by atoms with van der Waals surface area (Å²) < 4.78 is 64.6. The number of carbonyl (C=O) groups excluding carboxylic acids is 1. The molecule has 3 N–H and O–H groups in total. The van der Waals surface area contributed by atoms with Gasteiger partial charge in [0, 0.05) is 18.7 Å². The summed E-state index contributed by atoms with van der Waals surface area (Å²) in [4.78, 5) is 28.1. The van der Waals surface area contributed by atoms with Crippen LogP contribution in [0.1, 0.15) is 27.9 Å². The summed E-state index contributed by atoms with van der Waals surface area (Å²) in [6.45, 7) is 0.440. The zero-order chi connectivity index (χ0) is 27.5. The van der Waals surface area contributed by atoms with Gasteiger partial charge in [-0.25, -0.2) is 4.98 Å². The number of anilines is 2. The molecule has 0 bridgehead atoms. The van der Waals surface area contributed by atoms with Gasteiger partial charge < -0.3 is 15.0 Å². The van der Waals surface area contributed by atoms with E-state index >= 15 is 0 Å². The largest absolute Gasteiger partial charge is 0.516 e. The highest BCUT2D eigenvalue weighted by atomic mass is 32.2. The lowest BCUT2D eigenvalue weighted by Crippen LogP contribution is -2.30. The second-order valence-corrected chi connectivity index (χ2v) is 9.97. The number of carboxylic acids is 1. The quantitative estimate of drug-likeness (QED) is 0.281. The lowest BCUT2D eigenvalue weighted by atomic mass is 10.1. The van der Waals surface area contributed by atoms with Crippen molar-refractivity contribution in [3.63, 3.8) is 0 Å². The van der Waals surface area contributed by atoms with Crippen molar-refractivity contribution < 1.29 is 36.3 Å². The number of benzene rings is 3. The summed E-state index contributed by atoms with van der Waals surface area (Å²) in [7, 11) is -5.70. The second-order valence-electron chi connectivity index (χ2n) is 8.30. The minimum absolute atomic E-state index is 0.00215. The second kappa shape index (κ2) is 10.5.